The summed E-state index contributed by atoms with van der Waals surface area (Å²) in [6.45, 7) is 1.78. The number of aryl methyl sites for hydroxylation is 1. The van der Waals surface area contributed by atoms with Crippen LogP contribution in [0.1, 0.15) is 24.0 Å². The highest BCUT2D eigenvalue weighted by atomic mass is 19.1. The van der Waals surface area contributed by atoms with E-state index in [4.69, 9.17) is 0 Å². The molecule has 0 saturated carbocycles. The Hall–Kier alpha value is -2.56. The molecule has 1 heterocycles. The maximum absolute atomic E-state index is 14.3. The Bertz CT molecular complexity index is 784. The number of nitrogens with zero attached hydrogens (tertiary/aromatic N) is 1. The second kappa shape index (κ2) is 5.67. The molecule has 0 atom stereocenters. The SMILES string of the molecule is Cc1ccc(-c2ccc(C3=NNC(=O)CC3)cc2F)c(F)c1. The standard InChI is InChI=1S/C17H14F2N2O/c1-10-2-4-12(14(18)8-10)13-5-3-11(9-15(13)19)16-6-7-17(22)21-20-16/h2-5,8-9H,6-7H2,1H3,(H,21,22). The fraction of sp³-hybridized carbons (Fsp3) is 0.176. The van der Waals surface area contributed by atoms with Crippen molar-refractivity contribution in [2.24, 2.45) is 5.10 Å². The number of rotatable bonds is 2. The Kier molecular flexibility index (Phi) is 3.71. The summed E-state index contributed by atoms with van der Waals surface area (Å²) in [4.78, 5) is 11.1. The van der Waals surface area contributed by atoms with Gasteiger partial charge in [0.25, 0.3) is 0 Å². The zero-order valence-electron chi connectivity index (χ0n) is 12.0. The summed E-state index contributed by atoms with van der Waals surface area (Å²) in [7, 11) is 0. The first kappa shape index (κ1) is 14.4. The Labute approximate surface area is 126 Å². The van der Waals surface area contributed by atoms with Crippen LogP contribution >= 0.6 is 0 Å². The molecule has 3 rings (SSSR count). The lowest BCUT2D eigenvalue weighted by Gasteiger charge is -2.13. The number of amides is 1. The second-order valence-electron chi connectivity index (χ2n) is 5.27. The van der Waals surface area contributed by atoms with Crippen LogP contribution in [0, 0.1) is 18.6 Å². The highest BCUT2D eigenvalue weighted by molar-refractivity contribution is 6.04. The number of carbonyl (C=O) groups is 1. The summed E-state index contributed by atoms with van der Waals surface area (Å²) < 4.78 is 28.3. The van der Waals surface area contributed by atoms with Crippen molar-refractivity contribution in [1.82, 2.24) is 5.43 Å². The predicted octanol–water partition coefficient (Wildman–Crippen LogP) is 3.55. The first-order valence-corrected chi connectivity index (χ1v) is 6.96. The molecule has 0 bridgehead atoms. The zero-order valence-corrected chi connectivity index (χ0v) is 12.0. The summed E-state index contributed by atoms with van der Waals surface area (Å²) in [5.41, 5.74) is 4.81. The number of hydrogen-bond acceptors (Lipinski definition) is 2. The van der Waals surface area contributed by atoms with Crippen LogP contribution in [-0.4, -0.2) is 11.6 Å². The smallest absolute Gasteiger partial charge is 0.240 e. The van der Waals surface area contributed by atoms with E-state index in [9.17, 15) is 13.6 Å². The average molecular weight is 300 g/mol. The lowest BCUT2D eigenvalue weighted by Crippen LogP contribution is -2.25. The third kappa shape index (κ3) is 2.74. The van der Waals surface area contributed by atoms with E-state index < -0.39 is 11.6 Å². The van der Waals surface area contributed by atoms with Crippen LogP contribution in [-0.2, 0) is 4.79 Å². The Morgan fingerprint density at radius 3 is 2.27 bits per heavy atom. The maximum Gasteiger partial charge on any atom is 0.240 e. The fourth-order valence-electron chi connectivity index (χ4n) is 2.43. The molecule has 5 heteroatoms. The van der Waals surface area contributed by atoms with Gasteiger partial charge >= 0.3 is 0 Å². The summed E-state index contributed by atoms with van der Waals surface area (Å²) >= 11 is 0. The van der Waals surface area contributed by atoms with E-state index in [-0.39, 0.29) is 17.0 Å². The molecule has 2 aromatic rings. The molecule has 0 unspecified atom stereocenters. The Morgan fingerprint density at radius 2 is 1.68 bits per heavy atom. The summed E-state index contributed by atoms with van der Waals surface area (Å²) in [5.74, 6) is -1.11. The van der Waals surface area contributed by atoms with Gasteiger partial charge in [0.05, 0.1) is 5.71 Å². The van der Waals surface area contributed by atoms with Crippen LogP contribution in [0.4, 0.5) is 8.78 Å². The number of halogens is 2. The fourth-order valence-corrected chi connectivity index (χ4v) is 2.43. The van der Waals surface area contributed by atoms with E-state index in [2.05, 4.69) is 10.5 Å². The summed E-state index contributed by atoms with van der Waals surface area (Å²) in [6, 6.07) is 9.24. The monoisotopic (exact) mass is 300 g/mol. The topological polar surface area (TPSA) is 41.5 Å². The minimum absolute atomic E-state index is 0.150. The largest absolute Gasteiger partial charge is 0.273 e. The van der Waals surface area contributed by atoms with E-state index in [0.29, 0.717) is 24.1 Å². The molecule has 0 aromatic heterocycles. The molecule has 3 nitrogen and oxygen atoms in total. The van der Waals surface area contributed by atoms with E-state index in [1.54, 1.807) is 25.1 Å². The number of hydrogen-bond donors (Lipinski definition) is 1. The quantitative estimate of drug-likeness (QED) is 0.905. The second-order valence-corrected chi connectivity index (χ2v) is 5.27. The third-order valence-corrected chi connectivity index (χ3v) is 3.62. The number of nitrogens with one attached hydrogen (secondary N) is 1. The van der Waals surface area contributed by atoms with Crippen LogP contribution < -0.4 is 5.43 Å². The van der Waals surface area contributed by atoms with Gasteiger partial charge in [-0.15, -0.1) is 0 Å². The molecule has 0 saturated heterocycles. The van der Waals surface area contributed by atoms with Crippen molar-refractivity contribution in [3.05, 3.63) is 59.2 Å². The van der Waals surface area contributed by atoms with Crippen molar-refractivity contribution in [3.8, 4) is 11.1 Å². The minimum atomic E-state index is -0.514. The van der Waals surface area contributed by atoms with Crippen molar-refractivity contribution in [3.63, 3.8) is 0 Å². The molecule has 1 aliphatic heterocycles. The molecule has 0 spiro atoms. The van der Waals surface area contributed by atoms with Gasteiger partial charge in [0.2, 0.25) is 5.91 Å². The maximum atomic E-state index is 14.3. The van der Waals surface area contributed by atoms with E-state index in [0.717, 1.165) is 5.56 Å². The Morgan fingerprint density at radius 1 is 1.00 bits per heavy atom. The molecular weight excluding hydrogens is 286 g/mol. The van der Waals surface area contributed by atoms with Gasteiger partial charge in [0.1, 0.15) is 11.6 Å². The molecule has 2 aromatic carbocycles. The lowest BCUT2D eigenvalue weighted by atomic mass is 9.98. The van der Waals surface area contributed by atoms with Crippen molar-refractivity contribution >= 4 is 11.6 Å². The van der Waals surface area contributed by atoms with E-state index >= 15 is 0 Å². The van der Waals surface area contributed by atoms with Gasteiger partial charge < -0.3 is 0 Å². The minimum Gasteiger partial charge on any atom is -0.273 e. The van der Waals surface area contributed by atoms with Gasteiger partial charge in [-0.2, -0.15) is 5.10 Å². The number of carbonyl (C=O) groups excluding carboxylic acids is 1. The van der Waals surface area contributed by atoms with Gasteiger partial charge in [0, 0.05) is 29.5 Å². The van der Waals surface area contributed by atoms with Gasteiger partial charge in [-0.3, -0.25) is 4.79 Å². The number of benzene rings is 2. The van der Waals surface area contributed by atoms with Crippen LogP contribution in [0.3, 0.4) is 0 Å². The molecule has 1 amide bonds. The third-order valence-electron chi connectivity index (χ3n) is 3.62. The van der Waals surface area contributed by atoms with Crippen LogP contribution in [0.5, 0.6) is 0 Å². The molecule has 112 valence electrons. The first-order chi connectivity index (χ1) is 10.5. The normalized spacial score (nSPS) is 14.5. The molecule has 0 fully saturated rings. The van der Waals surface area contributed by atoms with Crippen LogP contribution in [0.2, 0.25) is 0 Å². The van der Waals surface area contributed by atoms with Crippen molar-refractivity contribution in [2.45, 2.75) is 19.8 Å². The predicted molar refractivity (Wildman–Crippen MR) is 80.4 cm³/mol. The van der Waals surface area contributed by atoms with Crippen molar-refractivity contribution < 1.29 is 13.6 Å². The van der Waals surface area contributed by atoms with Crippen molar-refractivity contribution in [2.75, 3.05) is 0 Å². The zero-order chi connectivity index (χ0) is 15.7. The van der Waals surface area contributed by atoms with Gasteiger partial charge in [-0.1, -0.05) is 24.3 Å². The molecule has 0 radical (unpaired) electrons. The summed E-state index contributed by atoms with van der Waals surface area (Å²) in [6.07, 6.45) is 0.790. The number of hydrazone groups is 1. The molecule has 0 aliphatic carbocycles. The average Bonchev–Trinajstić information content (AvgIpc) is 2.49. The van der Waals surface area contributed by atoms with Gasteiger partial charge in [-0.05, 0) is 24.6 Å². The highest BCUT2D eigenvalue weighted by Gasteiger charge is 2.16. The van der Waals surface area contributed by atoms with Gasteiger partial charge in [-0.25, -0.2) is 14.2 Å². The Balaban J connectivity index is 1.97. The van der Waals surface area contributed by atoms with E-state index in [1.807, 2.05) is 0 Å². The highest BCUT2D eigenvalue weighted by Crippen LogP contribution is 2.27. The lowest BCUT2D eigenvalue weighted by molar-refractivity contribution is -0.121. The van der Waals surface area contributed by atoms with Crippen LogP contribution in [0.25, 0.3) is 11.1 Å². The molecule has 22 heavy (non-hydrogen) atoms. The molecular formula is C17H14F2N2O. The first-order valence-electron chi connectivity index (χ1n) is 6.96. The summed E-state index contributed by atoms with van der Waals surface area (Å²) in [5, 5.41) is 3.93. The van der Waals surface area contributed by atoms with E-state index in [1.165, 1.54) is 18.2 Å². The molecule has 1 aliphatic rings. The molecule has 1 N–H and O–H groups in total. The van der Waals surface area contributed by atoms with Crippen LogP contribution in [0.15, 0.2) is 41.5 Å². The van der Waals surface area contributed by atoms with Crippen molar-refractivity contribution in [1.29, 1.82) is 0 Å². The van der Waals surface area contributed by atoms with Gasteiger partial charge in [0.15, 0.2) is 0 Å².